The molecule has 0 amide bonds. The summed E-state index contributed by atoms with van der Waals surface area (Å²) in [4.78, 5) is 9.30. The number of rotatable bonds is 7. The Morgan fingerprint density at radius 3 is 2.30 bits per heavy atom. The largest absolute Gasteiger partial charge is 0.489 e. The van der Waals surface area contributed by atoms with Crippen LogP contribution in [0.4, 0.5) is 5.69 Å². The zero-order chi connectivity index (χ0) is 22.5. The fraction of sp³-hybridized carbons (Fsp3) is 0.231. The Hall–Kier alpha value is -3.35. The van der Waals surface area contributed by atoms with Gasteiger partial charge in [0.15, 0.2) is 0 Å². The van der Waals surface area contributed by atoms with Gasteiger partial charge in [0.05, 0.1) is 6.54 Å². The highest BCUT2D eigenvalue weighted by molar-refractivity contribution is 6.30. The first kappa shape index (κ1) is 21.5. The van der Waals surface area contributed by atoms with Crippen molar-refractivity contribution in [1.82, 2.24) is 15.0 Å². The first-order chi connectivity index (χ1) is 16.2. The van der Waals surface area contributed by atoms with E-state index in [2.05, 4.69) is 32.1 Å². The molecule has 1 aliphatic heterocycles. The summed E-state index contributed by atoms with van der Waals surface area (Å²) >= 11 is 6.00. The number of nitrogens with zero attached hydrogens (tertiary/aromatic N) is 4. The number of hydrogen-bond donors (Lipinski definition) is 0. The van der Waals surface area contributed by atoms with Crippen LogP contribution in [-0.2, 0) is 13.2 Å². The van der Waals surface area contributed by atoms with Crippen LogP contribution in [0.5, 0.6) is 5.75 Å². The highest BCUT2D eigenvalue weighted by Gasteiger charge is 2.20. The molecule has 1 aliphatic rings. The Morgan fingerprint density at radius 2 is 1.58 bits per heavy atom. The highest BCUT2D eigenvalue weighted by atomic mass is 35.5. The van der Waals surface area contributed by atoms with E-state index in [9.17, 15) is 0 Å². The first-order valence-corrected chi connectivity index (χ1v) is 11.4. The topological polar surface area (TPSA) is 54.6 Å². The van der Waals surface area contributed by atoms with E-state index in [0.717, 1.165) is 48.1 Å². The van der Waals surface area contributed by atoms with Gasteiger partial charge in [-0.2, -0.15) is 4.98 Å². The summed E-state index contributed by atoms with van der Waals surface area (Å²) in [5.41, 5.74) is 3.25. The second-order valence-electron chi connectivity index (χ2n) is 8.05. The highest BCUT2D eigenvalue weighted by Crippen LogP contribution is 2.22. The molecule has 3 aromatic carbocycles. The average Bonchev–Trinajstić information content (AvgIpc) is 3.33. The average molecular weight is 461 g/mol. The molecule has 6 nitrogen and oxygen atoms in total. The Morgan fingerprint density at radius 1 is 0.848 bits per heavy atom. The third-order valence-electron chi connectivity index (χ3n) is 5.75. The molecule has 168 valence electrons. The van der Waals surface area contributed by atoms with Crippen LogP contribution in [0.25, 0.3) is 11.4 Å². The minimum Gasteiger partial charge on any atom is -0.489 e. The molecule has 0 N–H and O–H groups in total. The fourth-order valence-electron chi connectivity index (χ4n) is 3.88. The van der Waals surface area contributed by atoms with Gasteiger partial charge >= 0.3 is 0 Å². The number of anilines is 1. The van der Waals surface area contributed by atoms with Gasteiger partial charge in [-0.1, -0.05) is 47.1 Å². The second kappa shape index (κ2) is 10.1. The number of benzene rings is 3. The zero-order valence-corrected chi connectivity index (χ0v) is 19.0. The van der Waals surface area contributed by atoms with Gasteiger partial charge in [0.2, 0.25) is 11.7 Å². The molecule has 2 heterocycles. The van der Waals surface area contributed by atoms with Gasteiger partial charge in [0, 0.05) is 42.5 Å². The SMILES string of the molecule is Clc1ccc(N2CCN(Cc3nc(-c4ccc(OCc5ccccc5)cc4)no3)CC2)cc1. The van der Waals surface area contributed by atoms with Gasteiger partial charge in [-0.15, -0.1) is 0 Å². The second-order valence-corrected chi connectivity index (χ2v) is 8.49. The molecule has 0 radical (unpaired) electrons. The molecule has 1 aromatic heterocycles. The van der Waals surface area contributed by atoms with Crippen LogP contribution in [0.1, 0.15) is 11.5 Å². The normalized spacial score (nSPS) is 14.4. The van der Waals surface area contributed by atoms with Crippen molar-refractivity contribution < 1.29 is 9.26 Å². The van der Waals surface area contributed by atoms with E-state index in [-0.39, 0.29) is 0 Å². The van der Waals surface area contributed by atoms with Crippen molar-refractivity contribution >= 4 is 17.3 Å². The van der Waals surface area contributed by atoms with Gasteiger partial charge in [-0.05, 0) is 54.1 Å². The summed E-state index contributed by atoms with van der Waals surface area (Å²) in [7, 11) is 0. The van der Waals surface area contributed by atoms with Crippen molar-refractivity contribution in [3.63, 3.8) is 0 Å². The lowest BCUT2D eigenvalue weighted by atomic mass is 10.2. The van der Waals surface area contributed by atoms with Crippen molar-refractivity contribution in [2.75, 3.05) is 31.1 Å². The summed E-state index contributed by atoms with van der Waals surface area (Å²) in [5, 5.41) is 4.93. The van der Waals surface area contributed by atoms with Gasteiger partial charge in [0.25, 0.3) is 0 Å². The summed E-state index contributed by atoms with van der Waals surface area (Å²) < 4.78 is 11.4. The molecule has 33 heavy (non-hydrogen) atoms. The van der Waals surface area contributed by atoms with Gasteiger partial charge < -0.3 is 14.2 Å². The van der Waals surface area contributed by atoms with Crippen molar-refractivity contribution in [1.29, 1.82) is 0 Å². The molecule has 0 saturated carbocycles. The van der Waals surface area contributed by atoms with Crippen LogP contribution < -0.4 is 9.64 Å². The Bertz CT molecular complexity index is 1160. The van der Waals surface area contributed by atoms with Gasteiger partial charge in [-0.3, -0.25) is 4.90 Å². The van der Waals surface area contributed by atoms with Gasteiger partial charge in [-0.25, -0.2) is 0 Å². The van der Waals surface area contributed by atoms with E-state index in [4.69, 9.17) is 20.9 Å². The predicted molar refractivity (Wildman–Crippen MR) is 129 cm³/mol. The maximum absolute atomic E-state index is 6.00. The van der Waals surface area contributed by atoms with E-state index >= 15 is 0 Å². The van der Waals surface area contributed by atoms with Crippen LogP contribution >= 0.6 is 11.6 Å². The van der Waals surface area contributed by atoms with E-state index in [1.54, 1.807) is 0 Å². The summed E-state index contributed by atoms with van der Waals surface area (Å²) in [5.74, 6) is 2.04. The van der Waals surface area contributed by atoms with Crippen LogP contribution in [0.15, 0.2) is 83.4 Å². The fourth-order valence-corrected chi connectivity index (χ4v) is 4.01. The minimum absolute atomic E-state index is 0.540. The molecule has 1 saturated heterocycles. The number of aromatic nitrogens is 2. The summed E-state index contributed by atoms with van der Waals surface area (Å²) in [6.45, 7) is 4.97. The number of hydrogen-bond acceptors (Lipinski definition) is 6. The predicted octanol–water partition coefficient (Wildman–Crippen LogP) is 5.29. The number of ether oxygens (including phenoxy) is 1. The molecule has 0 spiro atoms. The quantitative estimate of drug-likeness (QED) is 0.373. The van der Waals surface area contributed by atoms with E-state index in [1.165, 1.54) is 5.69 Å². The van der Waals surface area contributed by atoms with Crippen LogP contribution in [-0.4, -0.2) is 41.2 Å². The van der Waals surface area contributed by atoms with Crippen molar-refractivity contribution in [3.8, 4) is 17.1 Å². The molecule has 0 atom stereocenters. The summed E-state index contributed by atoms with van der Waals surface area (Å²) in [6.07, 6.45) is 0. The Kier molecular flexibility index (Phi) is 6.56. The maximum Gasteiger partial charge on any atom is 0.241 e. The first-order valence-electron chi connectivity index (χ1n) is 11.1. The molecule has 1 fully saturated rings. The third kappa shape index (κ3) is 5.53. The molecular weight excluding hydrogens is 436 g/mol. The van der Waals surface area contributed by atoms with Crippen LogP contribution in [0, 0.1) is 0 Å². The van der Waals surface area contributed by atoms with Crippen molar-refractivity contribution in [2.24, 2.45) is 0 Å². The lowest BCUT2D eigenvalue weighted by Crippen LogP contribution is -2.46. The third-order valence-corrected chi connectivity index (χ3v) is 6.00. The smallest absolute Gasteiger partial charge is 0.241 e. The molecule has 5 rings (SSSR count). The van der Waals surface area contributed by atoms with Gasteiger partial charge in [0.1, 0.15) is 12.4 Å². The molecule has 7 heteroatoms. The minimum atomic E-state index is 0.540. The Balaban J connectivity index is 1.13. The molecule has 0 aliphatic carbocycles. The van der Waals surface area contributed by atoms with Crippen molar-refractivity contribution in [2.45, 2.75) is 13.2 Å². The van der Waals surface area contributed by atoms with E-state index in [0.29, 0.717) is 24.9 Å². The number of piperazine rings is 1. The number of halogens is 1. The standard InChI is InChI=1S/C26H25ClN4O2/c27-22-8-10-23(11-9-22)31-16-14-30(15-17-31)18-25-28-26(29-33-25)21-6-12-24(13-7-21)32-19-20-4-2-1-3-5-20/h1-13H,14-19H2. The lowest BCUT2D eigenvalue weighted by Gasteiger charge is -2.35. The lowest BCUT2D eigenvalue weighted by molar-refractivity contribution is 0.215. The molecule has 0 bridgehead atoms. The van der Waals surface area contributed by atoms with E-state index in [1.807, 2.05) is 66.7 Å². The monoisotopic (exact) mass is 460 g/mol. The van der Waals surface area contributed by atoms with Crippen molar-refractivity contribution in [3.05, 3.63) is 95.3 Å². The maximum atomic E-state index is 6.00. The zero-order valence-electron chi connectivity index (χ0n) is 18.2. The van der Waals surface area contributed by atoms with Crippen LogP contribution in [0.3, 0.4) is 0 Å². The van der Waals surface area contributed by atoms with Crippen LogP contribution in [0.2, 0.25) is 5.02 Å². The molecule has 0 unspecified atom stereocenters. The molecular formula is C26H25ClN4O2. The summed E-state index contributed by atoms with van der Waals surface area (Å²) in [6, 6.07) is 25.9. The Labute approximate surface area is 198 Å². The van der Waals surface area contributed by atoms with E-state index < -0.39 is 0 Å². The molecule has 4 aromatic rings.